The van der Waals surface area contributed by atoms with Gasteiger partial charge in [-0.1, -0.05) is 0 Å². The summed E-state index contributed by atoms with van der Waals surface area (Å²) >= 11 is 0. The number of carbonyl (C=O) groups is 1. The molecule has 6 heteroatoms. The van der Waals surface area contributed by atoms with Crippen molar-refractivity contribution >= 4 is 11.6 Å². The number of anilines is 1. The van der Waals surface area contributed by atoms with Crippen LogP contribution in [-0.2, 0) is 16.1 Å². The molecular formula is C16H18N4O2. The Balaban J connectivity index is 1.37. The van der Waals surface area contributed by atoms with Gasteiger partial charge < -0.3 is 10.1 Å². The first kappa shape index (κ1) is 13.5. The zero-order valence-electron chi connectivity index (χ0n) is 12.2. The molecule has 1 spiro atoms. The highest BCUT2D eigenvalue weighted by molar-refractivity contribution is 5.94. The molecule has 2 fully saturated rings. The van der Waals surface area contributed by atoms with Crippen LogP contribution in [-0.4, -0.2) is 33.9 Å². The number of amides is 1. The van der Waals surface area contributed by atoms with Crippen LogP contribution < -0.4 is 5.32 Å². The van der Waals surface area contributed by atoms with Crippen molar-refractivity contribution in [3.63, 3.8) is 0 Å². The first-order valence-electron chi connectivity index (χ1n) is 7.55. The van der Waals surface area contributed by atoms with E-state index in [4.69, 9.17) is 4.74 Å². The van der Waals surface area contributed by atoms with Crippen LogP contribution in [0, 0.1) is 11.3 Å². The normalized spacial score (nSPS) is 26.3. The fourth-order valence-corrected chi connectivity index (χ4v) is 3.20. The summed E-state index contributed by atoms with van der Waals surface area (Å²) in [4.78, 5) is 16.3. The van der Waals surface area contributed by atoms with Crippen LogP contribution >= 0.6 is 0 Å². The Labute approximate surface area is 128 Å². The fraction of sp³-hybridized carbons (Fsp3) is 0.438. The van der Waals surface area contributed by atoms with Crippen molar-refractivity contribution in [2.75, 3.05) is 18.5 Å². The molecule has 0 aromatic carbocycles. The highest BCUT2D eigenvalue weighted by Gasteiger charge is 2.59. The summed E-state index contributed by atoms with van der Waals surface area (Å²) in [5, 5.41) is 7.26. The molecule has 1 amide bonds. The van der Waals surface area contributed by atoms with Gasteiger partial charge in [0.05, 0.1) is 25.0 Å². The first-order valence-corrected chi connectivity index (χ1v) is 7.55. The Hall–Kier alpha value is -2.21. The summed E-state index contributed by atoms with van der Waals surface area (Å²) in [5.41, 5.74) is 2.00. The molecule has 0 radical (unpaired) electrons. The first-order chi connectivity index (χ1) is 10.8. The molecule has 2 atom stereocenters. The summed E-state index contributed by atoms with van der Waals surface area (Å²) in [6.07, 6.45) is 9.03. The molecule has 114 valence electrons. The van der Waals surface area contributed by atoms with E-state index >= 15 is 0 Å². The van der Waals surface area contributed by atoms with Crippen LogP contribution in [0.25, 0.3) is 0 Å². The van der Waals surface area contributed by atoms with E-state index in [1.807, 2.05) is 23.0 Å². The van der Waals surface area contributed by atoms with Crippen molar-refractivity contribution in [1.29, 1.82) is 0 Å². The summed E-state index contributed by atoms with van der Waals surface area (Å²) < 4.78 is 7.23. The molecule has 0 bridgehead atoms. The zero-order valence-corrected chi connectivity index (χ0v) is 12.2. The maximum Gasteiger partial charge on any atom is 0.228 e. The second-order valence-corrected chi connectivity index (χ2v) is 6.19. The number of hydrogen-bond acceptors (Lipinski definition) is 4. The number of nitrogens with zero attached hydrogens (tertiary/aromatic N) is 3. The van der Waals surface area contributed by atoms with E-state index in [9.17, 15) is 4.79 Å². The van der Waals surface area contributed by atoms with Gasteiger partial charge in [-0.3, -0.25) is 14.5 Å². The number of hydrogen-bond donors (Lipinski definition) is 1. The molecule has 1 N–H and O–H groups in total. The Morgan fingerprint density at radius 2 is 2.32 bits per heavy atom. The zero-order chi connectivity index (χ0) is 15.0. The molecule has 2 aliphatic rings. The van der Waals surface area contributed by atoms with E-state index in [-0.39, 0.29) is 17.2 Å². The molecule has 1 aliphatic carbocycles. The van der Waals surface area contributed by atoms with Crippen molar-refractivity contribution in [3.05, 3.63) is 42.5 Å². The predicted molar refractivity (Wildman–Crippen MR) is 80.2 cm³/mol. The maximum atomic E-state index is 12.3. The molecular weight excluding hydrogens is 280 g/mol. The fourth-order valence-electron chi connectivity index (χ4n) is 3.20. The largest absolute Gasteiger partial charge is 0.381 e. The molecule has 22 heavy (non-hydrogen) atoms. The van der Waals surface area contributed by atoms with Gasteiger partial charge in [0.15, 0.2) is 0 Å². The number of rotatable bonds is 4. The number of pyridine rings is 1. The molecule has 2 aromatic heterocycles. The van der Waals surface area contributed by atoms with Crippen molar-refractivity contribution < 1.29 is 9.53 Å². The van der Waals surface area contributed by atoms with Gasteiger partial charge in [-0.2, -0.15) is 5.10 Å². The van der Waals surface area contributed by atoms with Crippen LogP contribution in [0.1, 0.15) is 18.4 Å². The molecule has 2 unspecified atom stereocenters. The van der Waals surface area contributed by atoms with Crippen LogP contribution in [0.5, 0.6) is 0 Å². The highest BCUT2D eigenvalue weighted by atomic mass is 16.5. The average molecular weight is 298 g/mol. The monoisotopic (exact) mass is 298 g/mol. The van der Waals surface area contributed by atoms with E-state index < -0.39 is 0 Å². The molecule has 1 aliphatic heterocycles. The topological polar surface area (TPSA) is 69.0 Å². The minimum absolute atomic E-state index is 0.0916. The average Bonchev–Trinajstić information content (AvgIpc) is 2.84. The number of ether oxygens (including phenoxy) is 1. The summed E-state index contributed by atoms with van der Waals surface area (Å²) in [6, 6.07) is 3.90. The molecule has 6 nitrogen and oxygen atoms in total. The van der Waals surface area contributed by atoms with Gasteiger partial charge in [0.2, 0.25) is 5.91 Å². The van der Waals surface area contributed by atoms with Crippen LogP contribution in [0.15, 0.2) is 36.9 Å². The standard InChI is InChI=1S/C16H18N4O2/c21-15(14-7-16(14)3-6-22-11-16)19-13-8-18-20(10-13)9-12-1-4-17-5-2-12/h1-2,4-5,8,10,14H,3,6-7,9,11H2,(H,19,21). The third kappa shape index (κ3) is 2.50. The van der Waals surface area contributed by atoms with Crippen LogP contribution in [0.4, 0.5) is 5.69 Å². The third-order valence-electron chi connectivity index (χ3n) is 4.63. The van der Waals surface area contributed by atoms with Crippen LogP contribution in [0.2, 0.25) is 0 Å². The molecule has 1 saturated heterocycles. The minimum Gasteiger partial charge on any atom is -0.381 e. The van der Waals surface area contributed by atoms with Gasteiger partial charge >= 0.3 is 0 Å². The maximum absolute atomic E-state index is 12.3. The van der Waals surface area contributed by atoms with E-state index in [2.05, 4.69) is 15.4 Å². The Morgan fingerprint density at radius 3 is 3.09 bits per heavy atom. The van der Waals surface area contributed by atoms with E-state index in [0.29, 0.717) is 6.54 Å². The van der Waals surface area contributed by atoms with Gasteiger partial charge in [0.25, 0.3) is 0 Å². The highest BCUT2D eigenvalue weighted by Crippen LogP contribution is 2.58. The van der Waals surface area contributed by atoms with Crippen LogP contribution in [0.3, 0.4) is 0 Å². The third-order valence-corrected chi connectivity index (χ3v) is 4.63. The van der Waals surface area contributed by atoms with Gasteiger partial charge in [-0.05, 0) is 30.5 Å². The molecule has 2 aromatic rings. The second-order valence-electron chi connectivity index (χ2n) is 6.19. The molecule has 1 saturated carbocycles. The van der Waals surface area contributed by atoms with E-state index in [0.717, 1.165) is 37.3 Å². The number of carbonyl (C=O) groups excluding carboxylic acids is 1. The minimum atomic E-state index is 0.0916. The number of nitrogens with one attached hydrogen (secondary N) is 1. The van der Waals surface area contributed by atoms with Gasteiger partial charge in [-0.25, -0.2) is 0 Å². The lowest BCUT2D eigenvalue weighted by molar-refractivity contribution is -0.118. The summed E-state index contributed by atoms with van der Waals surface area (Å²) in [7, 11) is 0. The smallest absolute Gasteiger partial charge is 0.228 e. The number of aromatic nitrogens is 3. The summed E-state index contributed by atoms with van der Waals surface area (Å²) in [5.74, 6) is 0.188. The van der Waals surface area contributed by atoms with Gasteiger partial charge in [0, 0.05) is 36.5 Å². The lowest BCUT2D eigenvalue weighted by Gasteiger charge is -2.06. The Kier molecular flexibility index (Phi) is 3.18. The predicted octanol–water partition coefficient (Wildman–Crippen LogP) is 1.69. The second kappa shape index (κ2) is 5.21. The Morgan fingerprint density at radius 1 is 1.45 bits per heavy atom. The van der Waals surface area contributed by atoms with Crippen molar-refractivity contribution in [2.24, 2.45) is 11.3 Å². The quantitative estimate of drug-likeness (QED) is 0.932. The van der Waals surface area contributed by atoms with Crippen molar-refractivity contribution in [2.45, 2.75) is 19.4 Å². The SMILES string of the molecule is O=C(Nc1cnn(Cc2ccncc2)c1)C1CC12CCOC2. The van der Waals surface area contributed by atoms with Gasteiger partial charge in [-0.15, -0.1) is 0 Å². The summed E-state index contributed by atoms with van der Waals surface area (Å²) in [6.45, 7) is 2.18. The van der Waals surface area contributed by atoms with E-state index in [1.165, 1.54) is 0 Å². The lowest BCUT2D eigenvalue weighted by Crippen LogP contribution is -2.18. The lowest BCUT2D eigenvalue weighted by atomic mass is 10.0. The van der Waals surface area contributed by atoms with Gasteiger partial charge in [0.1, 0.15) is 0 Å². The van der Waals surface area contributed by atoms with Crippen molar-refractivity contribution in [1.82, 2.24) is 14.8 Å². The Bertz CT molecular complexity index is 676. The van der Waals surface area contributed by atoms with E-state index in [1.54, 1.807) is 18.6 Å². The molecule has 3 heterocycles. The molecule has 4 rings (SSSR count). The van der Waals surface area contributed by atoms with Crippen molar-refractivity contribution in [3.8, 4) is 0 Å².